The van der Waals surface area contributed by atoms with Gasteiger partial charge in [0.05, 0.1) is 11.7 Å². The van der Waals surface area contributed by atoms with E-state index < -0.39 is 0 Å². The summed E-state index contributed by atoms with van der Waals surface area (Å²) >= 11 is 0. The first kappa shape index (κ1) is 18.0. The molecule has 1 saturated carbocycles. The summed E-state index contributed by atoms with van der Waals surface area (Å²) in [6.07, 6.45) is 8.49. The highest BCUT2D eigenvalue weighted by molar-refractivity contribution is 5.20. The Morgan fingerprint density at radius 1 is 1.24 bits per heavy atom. The van der Waals surface area contributed by atoms with Gasteiger partial charge in [-0.05, 0) is 38.2 Å². The number of halogens is 1. The lowest BCUT2D eigenvalue weighted by molar-refractivity contribution is 0.208. The quantitative estimate of drug-likeness (QED) is 0.644. The van der Waals surface area contributed by atoms with Crippen molar-refractivity contribution in [2.24, 2.45) is 5.92 Å². The monoisotopic (exact) mass is 344 g/mol. The molecular formula is C21H29FN2O. The zero-order valence-corrected chi connectivity index (χ0v) is 15.4. The van der Waals surface area contributed by atoms with Crippen LogP contribution < -0.4 is 4.74 Å². The largest absolute Gasteiger partial charge is 0.473 e. The summed E-state index contributed by atoms with van der Waals surface area (Å²) in [5.41, 5.74) is 1.64. The molecule has 0 spiro atoms. The van der Waals surface area contributed by atoms with Gasteiger partial charge >= 0.3 is 0 Å². The maximum Gasteiger partial charge on any atom is 0.212 e. The summed E-state index contributed by atoms with van der Waals surface area (Å²) in [4.78, 5) is 0. The molecule has 0 saturated heterocycles. The van der Waals surface area contributed by atoms with Gasteiger partial charge in [-0.15, -0.1) is 0 Å². The van der Waals surface area contributed by atoms with Crippen molar-refractivity contribution >= 4 is 0 Å². The lowest BCUT2D eigenvalue weighted by atomic mass is 9.85. The Morgan fingerprint density at radius 2 is 2.00 bits per heavy atom. The van der Waals surface area contributed by atoms with Gasteiger partial charge in [0.25, 0.3) is 0 Å². The average molecular weight is 344 g/mol. The molecule has 3 nitrogen and oxygen atoms in total. The SMILES string of the molecule is CCCc1cc(OCc2ccccc2F)n(C(C)C2CCCCC2)n1. The summed E-state index contributed by atoms with van der Waals surface area (Å²) < 4.78 is 21.9. The Bertz CT molecular complexity index is 676. The molecular weight excluding hydrogens is 315 g/mol. The molecule has 1 aliphatic carbocycles. The van der Waals surface area contributed by atoms with Gasteiger partial charge in [-0.1, -0.05) is 50.8 Å². The highest BCUT2D eigenvalue weighted by Crippen LogP contribution is 2.35. The second kappa shape index (κ2) is 8.50. The zero-order valence-electron chi connectivity index (χ0n) is 15.4. The Hall–Kier alpha value is -1.84. The lowest BCUT2D eigenvalue weighted by Crippen LogP contribution is -2.21. The average Bonchev–Trinajstić information content (AvgIpc) is 3.04. The number of aromatic nitrogens is 2. The minimum absolute atomic E-state index is 0.220. The first-order valence-corrected chi connectivity index (χ1v) is 9.63. The van der Waals surface area contributed by atoms with Crippen molar-refractivity contribution in [2.75, 3.05) is 0 Å². The fourth-order valence-corrected chi connectivity index (χ4v) is 3.79. The molecule has 1 fully saturated rings. The highest BCUT2D eigenvalue weighted by Gasteiger charge is 2.25. The maximum atomic E-state index is 13.9. The third-order valence-electron chi connectivity index (χ3n) is 5.31. The summed E-state index contributed by atoms with van der Waals surface area (Å²) in [5, 5.41) is 4.81. The minimum Gasteiger partial charge on any atom is -0.473 e. The molecule has 25 heavy (non-hydrogen) atoms. The molecule has 1 unspecified atom stereocenters. The van der Waals surface area contributed by atoms with E-state index in [9.17, 15) is 4.39 Å². The van der Waals surface area contributed by atoms with Gasteiger partial charge in [-0.25, -0.2) is 9.07 Å². The van der Waals surface area contributed by atoms with Crippen LogP contribution in [0.2, 0.25) is 0 Å². The molecule has 136 valence electrons. The normalized spacial score (nSPS) is 16.8. The Balaban J connectivity index is 1.77. The number of ether oxygens (including phenoxy) is 1. The van der Waals surface area contributed by atoms with E-state index in [1.807, 2.05) is 16.8 Å². The smallest absolute Gasteiger partial charge is 0.212 e. The first-order chi connectivity index (χ1) is 12.2. The van der Waals surface area contributed by atoms with Gasteiger partial charge in [-0.3, -0.25) is 0 Å². The Kier molecular flexibility index (Phi) is 6.11. The molecule has 3 rings (SSSR count). The van der Waals surface area contributed by atoms with E-state index in [-0.39, 0.29) is 12.4 Å². The zero-order chi connectivity index (χ0) is 17.6. The lowest BCUT2D eigenvalue weighted by Gasteiger charge is -2.28. The van der Waals surface area contributed by atoms with Crippen LogP contribution in [0.15, 0.2) is 30.3 Å². The van der Waals surface area contributed by atoms with Crippen molar-refractivity contribution in [1.29, 1.82) is 0 Å². The molecule has 4 heteroatoms. The van der Waals surface area contributed by atoms with E-state index >= 15 is 0 Å². The van der Waals surface area contributed by atoms with Gasteiger partial charge in [0.15, 0.2) is 0 Å². The molecule has 1 aromatic carbocycles. The van der Waals surface area contributed by atoms with Crippen molar-refractivity contribution < 1.29 is 9.13 Å². The summed E-state index contributed by atoms with van der Waals surface area (Å²) in [5.74, 6) is 1.20. The Morgan fingerprint density at radius 3 is 2.72 bits per heavy atom. The van der Waals surface area contributed by atoms with Crippen LogP contribution in [-0.4, -0.2) is 9.78 Å². The van der Waals surface area contributed by atoms with Crippen molar-refractivity contribution in [1.82, 2.24) is 9.78 Å². The first-order valence-electron chi connectivity index (χ1n) is 9.63. The van der Waals surface area contributed by atoms with Crippen molar-refractivity contribution in [3.05, 3.63) is 47.4 Å². The fourth-order valence-electron chi connectivity index (χ4n) is 3.79. The standard InChI is InChI=1S/C21H29FN2O/c1-3-9-19-14-21(25-15-18-12-7-8-13-20(18)22)24(23-19)16(2)17-10-5-4-6-11-17/h7-8,12-14,16-17H,3-6,9-11,15H2,1-2H3. The molecule has 1 aromatic heterocycles. The number of nitrogens with zero attached hydrogens (tertiary/aromatic N) is 2. The van der Waals surface area contributed by atoms with Crippen LogP contribution in [0.5, 0.6) is 5.88 Å². The van der Waals surface area contributed by atoms with Crippen LogP contribution in [0.3, 0.4) is 0 Å². The fraction of sp³-hybridized carbons (Fsp3) is 0.571. The minimum atomic E-state index is -0.220. The van der Waals surface area contributed by atoms with Crippen LogP contribution >= 0.6 is 0 Å². The van der Waals surface area contributed by atoms with Crippen molar-refractivity contribution in [3.8, 4) is 5.88 Å². The van der Waals surface area contributed by atoms with Crippen LogP contribution in [0.4, 0.5) is 4.39 Å². The van der Waals surface area contributed by atoms with Gasteiger partial charge in [0, 0.05) is 11.6 Å². The van der Waals surface area contributed by atoms with E-state index in [1.165, 1.54) is 38.2 Å². The van der Waals surface area contributed by atoms with Crippen LogP contribution in [0.1, 0.15) is 69.7 Å². The van der Waals surface area contributed by atoms with Crippen molar-refractivity contribution in [2.45, 2.75) is 71.4 Å². The number of aryl methyl sites for hydroxylation is 1. The van der Waals surface area contributed by atoms with Crippen LogP contribution in [-0.2, 0) is 13.0 Å². The van der Waals surface area contributed by atoms with Crippen LogP contribution in [0, 0.1) is 11.7 Å². The topological polar surface area (TPSA) is 27.1 Å². The molecule has 0 amide bonds. The predicted octanol–water partition coefficient (Wildman–Crippen LogP) is 5.70. The summed E-state index contributed by atoms with van der Waals surface area (Å²) in [6, 6.07) is 9.14. The Labute approximate surface area is 150 Å². The molecule has 2 aromatic rings. The molecule has 0 aliphatic heterocycles. The molecule has 1 heterocycles. The number of benzene rings is 1. The van der Waals surface area contributed by atoms with E-state index in [1.54, 1.807) is 12.1 Å². The molecule has 1 aliphatic rings. The number of hydrogen-bond donors (Lipinski definition) is 0. The third kappa shape index (κ3) is 4.42. The van der Waals surface area contributed by atoms with Gasteiger partial charge in [0.2, 0.25) is 5.88 Å². The van der Waals surface area contributed by atoms with Crippen molar-refractivity contribution in [3.63, 3.8) is 0 Å². The molecule has 0 radical (unpaired) electrons. The van der Waals surface area contributed by atoms with Gasteiger partial charge in [-0.2, -0.15) is 5.10 Å². The highest BCUT2D eigenvalue weighted by atomic mass is 19.1. The van der Waals surface area contributed by atoms with Crippen LogP contribution in [0.25, 0.3) is 0 Å². The number of rotatable bonds is 7. The predicted molar refractivity (Wildman–Crippen MR) is 98.2 cm³/mol. The van der Waals surface area contributed by atoms with Gasteiger partial charge < -0.3 is 4.74 Å². The molecule has 1 atom stereocenters. The second-order valence-corrected chi connectivity index (χ2v) is 7.19. The second-order valence-electron chi connectivity index (χ2n) is 7.19. The van der Waals surface area contributed by atoms with E-state index in [2.05, 4.69) is 13.8 Å². The molecule has 0 bridgehead atoms. The molecule has 0 N–H and O–H groups in total. The van der Waals surface area contributed by atoms with E-state index in [4.69, 9.17) is 9.84 Å². The number of hydrogen-bond acceptors (Lipinski definition) is 2. The summed E-state index contributed by atoms with van der Waals surface area (Å²) in [6.45, 7) is 4.64. The third-order valence-corrected chi connectivity index (χ3v) is 5.31. The van der Waals surface area contributed by atoms with E-state index in [0.29, 0.717) is 17.5 Å². The summed E-state index contributed by atoms with van der Waals surface area (Å²) in [7, 11) is 0. The van der Waals surface area contributed by atoms with Gasteiger partial charge in [0.1, 0.15) is 12.4 Å². The maximum absolute atomic E-state index is 13.9. The van der Waals surface area contributed by atoms with E-state index in [0.717, 1.165) is 24.4 Å².